The Morgan fingerprint density at radius 1 is 0.650 bits per heavy atom. The molecule has 12 nitrogen and oxygen atoms in total. The van der Waals surface area contributed by atoms with Gasteiger partial charge in [0.25, 0.3) is 0 Å². The van der Waals surface area contributed by atoms with Crippen LogP contribution in [0.15, 0.2) is 0 Å². The third-order valence-corrected chi connectivity index (χ3v) is 0.573. The fourth-order valence-corrected chi connectivity index (χ4v) is 0.260. The quantitative estimate of drug-likeness (QED) is 0.125. The van der Waals surface area contributed by atoms with Gasteiger partial charge >= 0.3 is 143 Å². The smallest absolute Gasteiger partial charge is 1.00 e. The van der Waals surface area contributed by atoms with Gasteiger partial charge in [0.1, 0.15) is 0 Å². The van der Waals surface area contributed by atoms with Gasteiger partial charge < -0.3 is 25.4 Å². The Balaban J connectivity index is -0.0000000402. The van der Waals surface area contributed by atoms with E-state index in [1.807, 2.05) is 0 Å². The van der Waals surface area contributed by atoms with E-state index < -0.39 is 24.6 Å². The third-order valence-electron chi connectivity index (χ3n) is 0.573. The van der Waals surface area contributed by atoms with Crippen LogP contribution in [-0.4, -0.2) is 34.8 Å². The Morgan fingerprint density at radius 2 is 0.900 bits per heavy atom. The summed E-state index contributed by atoms with van der Waals surface area (Å²) in [6.07, 6.45) is -7.66. The summed E-state index contributed by atoms with van der Waals surface area (Å²) in [6.45, 7) is 0. The van der Waals surface area contributed by atoms with Gasteiger partial charge in [0, 0.05) is 10.1 Å². The summed E-state index contributed by atoms with van der Waals surface area (Å²) < 4.78 is 6.61. The summed E-state index contributed by atoms with van der Waals surface area (Å²) in [5.41, 5.74) is 0. The zero-order valence-electron chi connectivity index (χ0n) is 15.0. The maximum atomic E-state index is 10.2. The molecule has 0 aliphatic carbocycles. The minimum Gasteiger partial charge on any atom is -1.00 e. The largest absolute Gasteiger partial charge is 1.00 e. The van der Waals surface area contributed by atoms with Gasteiger partial charge in [0.05, 0.1) is 0 Å². The molecule has 0 aromatic rings. The summed E-state index contributed by atoms with van der Waals surface area (Å²) in [5, 5.41) is 22.3. The Labute approximate surface area is 204 Å². The summed E-state index contributed by atoms with van der Waals surface area (Å²) in [5.74, 6) is 0. The number of carbonyl (C=O) groups is 4. The molecule has 0 rings (SSSR count). The average molecular weight is 338 g/mol. The van der Waals surface area contributed by atoms with Crippen LogP contribution in [-0.2, 0) is 29.3 Å². The Kier molecular flexibility index (Phi) is 33.8. The molecule has 0 saturated carbocycles. The molecule has 0 spiro atoms. The molecule has 2 N–H and O–H groups in total. The number of hydrogen-bond donors (Lipinski definition) is 2. The summed E-state index contributed by atoms with van der Waals surface area (Å²) in [7, 11) is 0. The second-order valence-electron chi connectivity index (χ2n) is 1.54. The normalized spacial score (nSPS) is 7.00. The van der Waals surface area contributed by atoms with Crippen LogP contribution in [0.5, 0.6) is 0 Å². The fraction of sp³-hybridized carbons (Fsp3) is 0. The van der Waals surface area contributed by atoms with Crippen molar-refractivity contribution in [3.63, 3.8) is 0 Å². The first-order valence-corrected chi connectivity index (χ1v) is 2.99. The van der Waals surface area contributed by atoms with Gasteiger partial charge in [0.15, 0.2) is 0 Å². The standard InChI is InChI=1S/C4H2O12.4Na.4H/c5-1(6)11-3(9)13-15-16-14-4(10)12-2(7)8;;;;;;;;/h(H,5,6)(H,7,8);;;;;;;;/q;4*+1;4*-1. The Morgan fingerprint density at radius 3 is 1.10 bits per heavy atom. The van der Waals surface area contributed by atoms with Gasteiger partial charge in [-0.05, 0) is 0 Å². The molecule has 0 amide bonds. The molecular formula is C4H6Na4O12. The van der Waals surface area contributed by atoms with Gasteiger partial charge in [-0.2, -0.15) is 9.59 Å². The number of rotatable bonds is 3. The Hall–Kier alpha value is 1.40. The van der Waals surface area contributed by atoms with E-state index in [0.29, 0.717) is 0 Å². The summed E-state index contributed by atoms with van der Waals surface area (Å²) >= 11 is 0. The average Bonchev–Trinajstić information content (AvgIpc) is 2.10. The zero-order chi connectivity index (χ0) is 12.6. The van der Waals surface area contributed by atoms with Crippen LogP contribution in [0, 0.1) is 0 Å². The van der Waals surface area contributed by atoms with E-state index in [1.54, 1.807) is 0 Å². The van der Waals surface area contributed by atoms with Gasteiger partial charge in [0.2, 0.25) is 0 Å². The maximum absolute atomic E-state index is 10.2. The molecule has 0 aliphatic rings. The predicted octanol–water partition coefficient (Wildman–Crippen LogP) is -11.1. The van der Waals surface area contributed by atoms with Crippen molar-refractivity contribution in [3.8, 4) is 0 Å². The second kappa shape index (κ2) is 20.4. The third kappa shape index (κ3) is 24.4. The zero-order valence-corrected chi connectivity index (χ0v) is 19.0. The summed E-state index contributed by atoms with van der Waals surface area (Å²) in [4.78, 5) is 46.5. The van der Waals surface area contributed by atoms with E-state index in [0.717, 1.165) is 0 Å². The first-order valence-electron chi connectivity index (χ1n) is 2.99. The van der Waals surface area contributed by atoms with Crippen molar-refractivity contribution in [3.05, 3.63) is 0 Å². The van der Waals surface area contributed by atoms with E-state index in [-0.39, 0.29) is 124 Å². The minimum absolute atomic E-state index is 0. The van der Waals surface area contributed by atoms with Crippen LogP contribution in [0.2, 0.25) is 0 Å². The van der Waals surface area contributed by atoms with Crippen LogP contribution in [0.3, 0.4) is 0 Å². The van der Waals surface area contributed by atoms with Gasteiger partial charge in [-0.3, -0.25) is 0 Å². The monoisotopic (exact) mass is 338 g/mol. The van der Waals surface area contributed by atoms with Crippen LogP contribution in [0.4, 0.5) is 19.2 Å². The van der Waals surface area contributed by atoms with Crippen molar-refractivity contribution in [1.29, 1.82) is 0 Å². The van der Waals surface area contributed by atoms with E-state index >= 15 is 0 Å². The van der Waals surface area contributed by atoms with Crippen LogP contribution < -0.4 is 118 Å². The first-order chi connectivity index (χ1) is 7.41. The molecule has 0 aromatic carbocycles. The van der Waals surface area contributed by atoms with Crippen LogP contribution in [0.25, 0.3) is 0 Å². The summed E-state index contributed by atoms with van der Waals surface area (Å²) in [6, 6.07) is 0. The van der Waals surface area contributed by atoms with E-state index in [1.165, 1.54) is 0 Å². The molecule has 0 fully saturated rings. The number of carboxylic acid groups (broad SMARTS) is 2. The second-order valence-corrected chi connectivity index (χ2v) is 1.54. The van der Waals surface area contributed by atoms with Crippen molar-refractivity contribution in [1.82, 2.24) is 0 Å². The van der Waals surface area contributed by atoms with Crippen LogP contribution in [0.1, 0.15) is 5.71 Å². The molecule has 0 atom stereocenters. The van der Waals surface area contributed by atoms with Gasteiger partial charge in [-0.15, -0.1) is 0 Å². The topological polar surface area (TPSA) is 164 Å². The molecule has 0 heterocycles. The molecule has 0 aliphatic heterocycles. The number of hydrogen-bond acceptors (Lipinski definition) is 10. The molecule has 0 unspecified atom stereocenters. The van der Waals surface area contributed by atoms with Crippen LogP contribution >= 0.6 is 0 Å². The van der Waals surface area contributed by atoms with Gasteiger partial charge in [-0.1, -0.05) is 0 Å². The molecule has 0 radical (unpaired) electrons. The van der Waals surface area contributed by atoms with Gasteiger partial charge in [-0.25, -0.2) is 19.4 Å². The maximum Gasteiger partial charge on any atom is 1.00 e. The van der Waals surface area contributed by atoms with Crippen molar-refractivity contribution >= 4 is 24.6 Å². The molecular weight excluding hydrogens is 332 g/mol. The van der Waals surface area contributed by atoms with Crippen molar-refractivity contribution < 1.29 is 183 Å². The number of carbonyl (C=O) groups excluding carboxylic acids is 2. The van der Waals surface area contributed by atoms with Crippen molar-refractivity contribution in [2.45, 2.75) is 0 Å². The fourth-order valence-electron chi connectivity index (χ4n) is 0.260. The van der Waals surface area contributed by atoms with E-state index in [4.69, 9.17) is 10.2 Å². The van der Waals surface area contributed by atoms with E-state index in [2.05, 4.69) is 29.3 Å². The molecule has 0 aromatic heterocycles. The predicted molar refractivity (Wildman–Crippen MR) is 37.8 cm³/mol. The first kappa shape index (κ1) is 33.1. The number of ether oxygens (including phenoxy) is 2. The Bertz CT molecular complexity index is 291. The van der Waals surface area contributed by atoms with Crippen molar-refractivity contribution in [2.75, 3.05) is 0 Å². The molecule has 0 bridgehead atoms. The SMILES string of the molecule is O=C(O)OC(=O)OOOOC(=O)OC(=O)O.[H-].[H-].[H-].[H-].[Na+].[Na+].[Na+].[Na+]. The molecule has 98 valence electrons. The molecule has 0 saturated heterocycles. The molecule has 16 heteroatoms. The van der Waals surface area contributed by atoms with Crippen molar-refractivity contribution in [2.24, 2.45) is 0 Å². The molecule has 20 heavy (non-hydrogen) atoms. The minimum atomic E-state index is -1.99. The van der Waals surface area contributed by atoms with E-state index in [9.17, 15) is 19.2 Å².